The largest absolute Gasteiger partial charge is 0.341 e. The number of hydrogen-bond acceptors (Lipinski definition) is 3. The molecule has 0 aromatic carbocycles. The van der Waals surface area contributed by atoms with Gasteiger partial charge in [0.05, 0.1) is 24.0 Å². The van der Waals surface area contributed by atoms with Crippen LogP contribution < -0.4 is 5.32 Å². The smallest absolute Gasteiger partial charge is 0.253 e. The predicted molar refractivity (Wildman–Crippen MR) is 73.8 cm³/mol. The van der Waals surface area contributed by atoms with Crippen LogP contribution in [0.2, 0.25) is 0 Å². The summed E-state index contributed by atoms with van der Waals surface area (Å²) >= 11 is 0. The third-order valence-electron chi connectivity index (χ3n) is 2.84. The van der Waals surface area contributed by atoms with Gasteiger partial charge in [0.2, 0.25) is 0 Å². The molecule has 0 atom stereocenters. The molecule has 0 bridgehead atoms. The molecule has 5 heteroatoms. The van der Waals surface area contributed by atoms with Crippen LogP contribution in [0.5, 0.6) is 0 Å². The zero-order valence-corrected chi connectivity index (χ0v) is 11.3. The molecule has 0 aliphatic heterocycles. The Morgan fingerprint density at radius 3 is 2.95 bits per heavy atom. The van der Waals surface area contributed by atoms with E-state index in [-0.39, 0.29) is 18.5 Å². The Kier molecular flexibility index (Phi) is 3.52. The van der Waals surface area contributed by atoms with Crippen molar-refractivity contribution in [3.8, 4) is 12.3 Å². The number of rotatable bonds is 3. The number of nitrogens with zero attached hydrogens (tertiary/aromatic N) is 3. The molecule has 0 spiro atoms. The van der Waals surface area contributed by atoms with Crippen LogP contribution in [0, 0.1) is 19.3 Å². The van der Waals surface area contributed by atoms with Gasteiger partial charge in [-0.2, -0.15) is 5.10 Å². The summed E-state index contributed by atoms with van der Waals surface area (Å²) in [5.41, 5.74) is 2.00. The standard InChI is InChI=1S/C14H16N4O/c1-5-6-15-14(19)12-7-11-8-16-18(9(2)3)13(11)17-10(12)4/h1,7-9H,6H2,2-4H3,(H,15,19). The maximum Gasteiger partial charge on any atom is 0.253 e. The van der Waals surface area contributed by atoms with Gasteiger partial charge in [-0.3, -0.25) is 4.79 Å². The number of aryl methyl sites for hydroxylation is 1. The fourth-order valence-corrected chi connectivity index (χ4v) is 1.90. The highest BCUT2D eigenvalue weighted by Crippen LogP contribution is 2.19. The number of amides is 1. The third-order valence-corrected chi connectivity index (χ3v) is 2.84. The second-order valence-corrected chi connectivity index (χ2v) is 4.60. The quantitative estimate of drug-likeness (QED) is 0.850. The zero-order chi connectivity index (χ0) is 14.0. The first-order valence-electron chi connectivity index (χ1n) is 6.11. The van der Waals surface area contributed by atoms with E-state index in [1.165, 1.54) is 0 Å². The Bertz CT molecular complexity index is 664. The SMILES string of the molecule is C#CCNC(=O)c1cc2cnn(C(C)C)c2nc1C. The van der Waals surface area contributed by atoms with Crippen molar-refractivity contribution in [2.45, 2.75) is 26.8 Å². The Hall–Kier alpha value is -2.35. The van der Waals surface area contributed by atoms with Crippen molar-refractivity contribution in [2.75, 3.05) is 6.54 Å². The van der Waals surface area contributed by atoms with E-state index in [1.54, 1.807) is 12.3 Å². The molecule has 0 saturated carbocycles. The molecule has 0 unspecified atom stereocenters. The summed E-state index contributed by atoms with van der Waals surface area (Å²) in [5, 5.41) is 7.78. The maximum absolute atomic E-state index is 11.9. The average molecular weight is 256 g/mol. The molecule has 0 fully saturated rings. The van der Waals surface area contributed by atoms with Crippen LogP contribution in [0.3, 0.4) is 0 Å². The molecular weight excluding hydrogens is 240 g/mol. The van der Waals surface area contributed by atoms with Crippen LogP contribution in [-0.4, -0.2) is 27.2 Å². The van der Waals surface area contributed by atoms with Crippen LogP contribution >= 0.6 is 0 Å². The Balaban J connectivity index is 2.46. The zero-order valence-electron chi connectivity index (χ0n) is 11.3. The first kappa shape index (κ1) is 13.1. The lowest BCUT2D eigenvalue weighted by molar-refractivity contribution is 0.0958. The van der Waals surface area contributed by atoms with Gasteiger partial charge < -0.3 is 5.32 Å². The van der Waals surface area contributed by atoms with Gasteiger partial charge in [-0.1, -0.05) is 5.92 Å². The number of nitrogens with one attached hydrogen (secondary N) is 1. The van der Waals surface area contributed by atoms with Gasteiger partial charge in [0.15, 0.2) is 5.65 Å². The van der Waals surface area contributed by atoms with Crippen LogP contribution in [-0.2, 0) is 0 Å². The predicted octanol–water partition coefficient (Wildman–Crippen LogP) is 1.68. The summed E-state index contributed by atoms with van der Waals surface area (Å²) in [6, 6.07) is 2.03. The van der Waals surface area contributed by atoms with Crippen molar-refractivity contribution in [3.05, 3.63) is 23.5 Å². The number of aromatic nitrogens is 3. The van der Waals surface area contributed by atoms with Gasteiger partial charge in [0.1, 0.15) is 0 Å². The number of terminal acetylenes is 1. The molecule has 0 radical (unpaired) electrons. The average Bonchev–Trinajstić information content (AvgIpc) is 2.77. The van der Waals surface area contributed by atoms with E-state index in [0.29, 0.717) is 11.3 Å². The Labute approximate surface area is 112 Å². The van der Waals surface area contributed by atoms with Crippen LogP contribution in [0.4, 0.5) is 0 Å². The van der Waals surface area contributed by atoms with Gasteiger partial charge in [-0.25, -0.2) is 9.67 Å². The van der Waals surface area contributed by atoms with Crippen molar-refractivity contribution in [1.29, 1.82) is 0 Å². The molecule has 2 heterocycles. The molecule has 2 aromatic rings. The first-order valence-corrected chi connectivity index (χ1v) is 6.11. The molecule has 0 aliphatic carbocycles. The number of carbonyl (C=O) groups excluding carboxylic acids is 1. The van der Waals surface area contributed by atoms with E-state index < -0.39 is 0 Å². The summed E-state index contributed by atoms with van der Waals surface area (Å²) in [4.78, 5) is 16.4. The lowest BCUT2D eigenvalue weighted by Crippen LogP contribution is -2.24. The molecule has 0 saturated heterocycles. The minimum absolute atomic E-state index is 0.206. The highest BCUT2D eigenvalue weighted by atomic mass is 16.1. The minimum atomic E-state index is -0.206. The number of fused-ring (bicyclic) bond motifs is 1. The minimum Gasteiger partial charge on any atom is -0.341 e. The fraction of sp³-hybridized carbons (Fsp3) is 0.357. The number of carbonyl (C=O) groups is 1. The summed E-state index contributed by atoms with van der Waals surface area (Å²) in [6.45, 7) is 6.09. The Morgan fingerprint density at radius 1 is 1.58 bits per heavy atom. The third kappa shape index (κ3) is 2.43. The Morgan fingerprint density at radius 2 is 2.32 bits per heavy atom. The van der Waals surface area contributed by atoms with Gasteiger partial charge in [-0.05, 0) is 26.8 Å². The highest BCUT2D eigenvalue weighted by Gasteiger charge is 2.14. The van der Waals surface area contributed by atoms with Crippen LogP contribution in [0.1, 0.15) is 35.9 Å². The van der Waals surface area contributed by atoms with Crippen molar-refractivity contribution >= 4 is 16.9 Å². The normalized spacial score (nSPS) is 10.7. The summed E-state index contributed by atoms with van der Waals surface area (Å²) in [7, 11) is 0. The molecule has 2 aromatic heterocycles. The monoisotopic (exact) mass is 256 g/mol. The van der Waals surface area contributed by atoms with Crippen LogP contribution in [0.25, 0.3) is 11.0 Å². The van der Waals surface area contributed by atoms with E-state index in [0.717, 1.165) is 11.0 Å². The molecule has 1 amide bonds. The van der Waals surface area contributed by atoms with Crippen molar-refractivity contribution in [3.63, 3.8) is 0 Å². The fourth-order valence-electron chi connectivity index (χ4n) is 1.90. The van der Waals surface area contributed by atoms with E-state index >= 15 is 0 Å². The lowest BCUT2D eigenvalue weighted by atomic mass is 10.1. The van der Waals surface area contributed by atoms with Crippen molar-refractivity contribution in [2.24, 2.45) is 0 Å². The van der Waals surface area contributed by atoms with Crippen LogP contribution in [0.15, 0.2) is 12.3 Å². The second-order valence-electron chi connectivity index (χ2n) is 4.60. The van der Waals surface area contributed by atoms with Gasteiger partial charge in [0.25, 0.3) is 5.91 Å². The van der Waals surface area contributed by atoms with Crippen molar-refractivity contribution < 1.29 is 4.79 Å². The van der Waals surface area contributed by atoms with Gasteiger partial charge in [-0.15, -0.1) is 6.42 Å². The molecule has 2 rings (SSSR count). The number of pyridine rings is 1. The topological polar surface area (TPSA) is 59.8 Å². The second kappa shape index (κ2) is 5.11. The van der Waals surface area contributed by atoms with Crippen molar-refractivity contribution in [1.82, 2.24) is 20.1 Å². The first-order chi connectivity index (χ1) is 9.04. The van der Waals surface area contributed by atoms with E-state index in [1.807, 2.05) is 25.5 Å². The summed E-state index contributed by atoms with van der Waals surface area (Å²) in [6.07, 6.45) is 6.85. The molecule has 0 aliphatic rings. The molecule has 98 valence electrons. The maximum atomic E-state index is 11.9. The molecule has 5 nitrogen and oxygen atoms in total. The summed E-state index contributed by atoms with van der Waals surface area (Å²) < 4.78 is 1.84. The lowest BCUT2D eigenvalue weighted by Gasteiger charge is -2.08. The van der Waals surface area contributed by atoms with Gasteiger partial charge in [0, 0.05) is 11.4 Å². The molecule has 1 N–H and O–H groups in total. The van der Waals surface area contributed by atoms with E-state index in [2.05, 4.69) is 21.3 Å². The number of hydrogen-bond donors (Lipinski definition) is 1. The van der Waals surface area contributed by atoms with E-state index in [4.69, 9.17) is 6.42 Å². The summed E-state index contributed by atoms with van der Waals surface area (Å²) in [5.74, 6) is 2.17. The highest BCUT2D eigenvalue weighted by molar-refractivity contribution is 5.98. The molecular formula is C14H16N4O. The van der Waals surface area contributed by atoms with E-state index in [9.17, 15) is 4.79 Å². The van der Waals surface area contributed by atoms with Gasteiger partial charge >= 0.3 is 0 Å². The molecule has 19 heavy (non-hydrogen) atoms.